The molecule has 0 fully saturated rings. The Balaban J connectivity index is 3.93. The molecule has 0 heterocycles. The normalized spacial score (nSPS) is 12.1. The third kappa shape index (κ3) is 43.5. The van der Waals surface area contributed by atoms with E-state index in [2.05, 4.69) is 22.4 Å². The van der Waals surface area contributed by atoms with Gasteiger partial charge in [-0.15, -0.1) is 0 Å². The molecule has 0 aliphatic rings. The first-order valence-corrected chi connectivity index (χ1v) is 23.2. The van der Waals surface area contributed by atoms with Crippen LogP contribution >= 0.6 is 0 Å². The molecule has 0 unspecified atom stereocenters. The summed E-state index contributed by atoms with van der Waals surface area (Å²) in [7, 11) is 0. The molecule has 0 aromatic heterocycles. The zero-order valence-electron chi connectivity index (χ0n) is 39.1. The van der Waals surface area contributed by atoms with Crippen molar-refractivity contribution in [1.29, 1.82) is 0 Å². The van der Waals surface area contributed by atoms with Crippen molar-refractivity contribution in [2.24, 2.45) is 5.73 Å². The summed E-state index contributed by atoms with van der Waals surface area (Å²) < 4.78 is 32.4. The summed E-state index contributed by atoms with van der Waals surface area (Å²) in [6, 6.07) is -0.730. The van der Waals surface area contributed by atoms with E-state index in [1.54, 1.807) is 20.8 Å². The second-order valence-corrected chi connectivity index (χ2v) is 17.4. The molecule has 0 rings (SSSR count). The molecule has 1 atom stereocenters. The first-order valence-electron chi connectivity index (χ1n) is 23.2. The van der Waals surface area contributed by atoms with Crippen molar-refractivity contribution in [3.63, 3.8) is 0 Å². The van der Waals surface area contributed by atoms with Gasteiger partial charge < -0.3 is 50.1 Å². The molecule has 5 N–H and O–H groups in total. The lowest BCUT2D eigenvalue weighted by molar-refractivity contribution is -0.159. The molecule has 0 aromatic carbocycles. The van der Waals surface area contributed by atoms with E-state index in [0.29, 0.717) is 98.0 Å². The van der Waals surface area contributed by atoms with Crippen molar-refractivity contribution in [3.8, 4) is 0 Å². The van der Waals surface area contributed by atoms with Gasteiger partial charge in [0.05, 0.1) is 72.1 Å². The molecule has 0 saturated heterocycles. The molecule has 0 aliphatic heterocycles. The highest BCUT2D eigenvalue weighted by Crippen LogP contribution is 2.16. The maximum atomic E-state index is 12.9. The Hall–Kier alpha value is -2.98. The third-order valence-corrected chi connectivity index (χ3v) is 9.06. The van der Waals surface area contributed by atoms with Crippen LogP contribution in [0.25, 0.3) is 0 Å². The van der Waals surface area contributed by atoms with Gasteiger partial charge in [-0.1, -0.05) is 32.1 Å². The van der Waals surface area contributed by atoms with Crippen molar-refractivity contribution in [1.82, 2.24) is 16.0 Å². The molecule has 61 heavy (non-hydrogen) atoms. The van der Waals surface area contributed by atoms with Crippen LogP contribution in [-0.4, -0.2) is 119 Å². The predicted octanol–water partition coefficient (Wildman–Crippen LogP) is 6.42. The van der Waals surface area contributed by atoms with Gasteiger partial charge in [-0.2, -0.15) is 0 Å². The quantitative estimate of drug-likeness (QED) is 0.0299. The fraction of sp³-hybridized carbons (Fsp3) is 0.870. The number of carbonyl (C=O) groups is 5. The smallest absolute Gasteiger partial charge is 0.329 e. The summed E-state index contributed by atoms with van der Waals surface area (Å²) in [5.74, 6) is -0.920. The molecule has 0 spiro atoms. The van der Waals surface area contributed by atoms with Gasteiger partial charge >= 0.3 is 11.9 Å². The van der Waals surface area contributed by atoms with Crippen molar-refractivity contribution in [2.75, 3.05) is 72.5 Å². The summed E-state index contributed by atoms with van der Waals surface area (Å²) in [5.41, 5.74) is 4.27. The van der Waals surface area contributed by atoms with Gasteiger partial charge in [-0.25, -0.2) is 4.79 Å². The second kappa shape index (κ2) is 38.7. The predicted molar refractivity (Wildman–Crippen MR) is 239 cm³/mol. The average Bonchev–Trinajstić information content (AvgIpc) is 3.17. The molecular weight excluding hydrogens is 785 g/mol. The van der Waals surface area contributed by atoms with Crippen LogP contribution in [0.15, 0.2) is 0 Å². The Bertz CT molecular complexity index is 1130. The van der Waals surface area contributed by atoms with Gasteiger partial charge in [-0.05, 0) is 99.3 Å². The Morgan fingerprint density at radius 3 is 1.51 bits per heavy atom. The number of rotatable bonds is 41. The van der Waals surface area contributed by atoms with E-state index in [4.69, 9.17) is 34.2 Å². The highest BCUT2D eigenvalue weighted by Gasteiger charge is 2.26. The number of ether oxygens (including phenoxy) is 6. The van der Waals surface area contributed by atoms with Gasteiger partial charge in [0.15, 0.2) is 0 Å². The minimum Gasteiger partial charge on any atom is -0.460 e. The highest BCUT2D eigenvalue weighted by atomic mass is 16.6. The van der Waals surface area contributed by atoms with Crippen LogP contribution < -0.4 is 21.7 Å². The van der Waals surface area contributed by atoms with Gasteiger partial charge in [0.2, 0.25) is 17.7 Å². The van der Waals surface area contributed by atoms with E-state index < -0.39 is 23.2 Å². The van der Waals surface area contributed by atoms with E-state index in [-0.39, 0.29) is 43.1 Å². The Morgan fingerprint density at radius 1 is 0.492 bits per heavy atom. The molecule has 0 bridgehead atoms. The molecule has 15 nitrogen and oxygen atoms in total. The van der Waals surface area contributed by atoms with Crippen LogP contribution in [0.5, 0.6) is 0 Å². The SMILES string of the molecule is CC(C)(C)OC(=O)CCCCCCC[CH+]CCCCCCCCC(=O)N[C@@H](CCCCNC(=O)CCOCCOCCNC(=O)CCOCCOCCN)C(=O)OC(C)(C)C. The maximum Gasteiger partial charge on any atom is 0.329 e. The molecule has 0 radical (unpaired) electrons. The van der Waals surface area contributed by atoms with E-state index >= 15 is 0 Å². The van der Waals surface area contributed by atoms with Crippen molar-refractivity contribution < 1.29 is 52.4 Å². The highest BCUT2D eigenvalue weighted by molar-refractivity contribution is 5.84. The maximum absolute atomic E-state index is 12.9. The number of esters is 2. The second-order valence-electron chi connectivity index (χ2n) is 17.4. The lowest BCUT2D eigenvalue weighted by Gasteiger charge is -2.24. The molecule has 356 valence electrons. The van der Waals surface area contributed by atoms with E-state index in [1.807, 2.05) is 20.8 Å². The summed E-state index contributed by atoms with van der Waals surface area (Å²) in [5, 5.41) is 8.54. The van der Waals surface area contributed by atoms with Crippen LogP contribution in [0.1, 0.15) is 170 Å². The van der Waals surface area contributed by atoms with Crippen LogP contribution in [0, 0.1) is 6.42 Å². The third-order valence-electron chi connectivity index (χ3n) is 9.06. The van der Waals surface area contributed by atoms with Gasteiger partial charge in [0.1, 0.15) is 17.2 Å². The van der Waals surface area contributed by atoms with Gasteiger partial charge in [0.25, 0.3) is 0 Å². The number of hydrogen-bond donors (Lipinski definition) is 4. The minimum atomic E-state index is -0.730. The van der Waals surface area contributed by atoms with Crippen molar-refractivity contribution in [2.45, 2.75) is 187 Å². The lowest BCUT2D eigenvalue weighted by atomic mass is 10.0. The van der Waals surface area contributed by atoms with Crippen LogP contribution in [-0.2, 0) is 52.4 Å². The minimum absolute atomic E-state index is 0.0990. The van der Waals surface area contributed by atoms with Gasteiger partial charge in [-0.3, -0.25) is 19.2 Å². The molecule has 15 heteroatoms. The number of hydrogen-bond acceptors (Lipinski definition) is 12. The Morgan fingerprint density at radius 2 is 0.967 bits per heavy atom. The number of unbranched alkanes of at least 4 members (excludes halogenated alkanes) is 14. The largest absolute Gasteiger partial charge is 0.460 e. The lowest BCUT2D eigenvalue weighted by Crippen LogP contribution is -2.44. The Kier molecular flexibility index (Phi) is 36.8. The Labute approximate surface area is 369 Å². The van der Waals surface area contributed by atoms with Gasteiger partial charge in [0, 0.05) is 45.3 Å². The fourth-order valence-electron chi connectivity index (χ4n) is 5.99. The number of nitrogens with one attached hydrogen (secondary N) is 3. The standard InChI is InChI=1S/C46H86N4O11/c1-45(2,3)60-43(54)25-20-18-16-14-12-10-8-7-9-11-13-15-17-19-24-42(53)50-39(44(55)61-46(4,5)6)23-21-22-29-48-40(51)26-31-57-36-38-59-34-30-49-41(52)27-32-56-35-37-58-33-28-47/h8,39H,7,9-38,47H2,1-6H3,(H2-,48,49,50,51,52,53)/p+1/t39-/m0/s1. The summed E-state index contributed by atoms with van der Waals surface area (Å²) in [6.45, 7) is 15.4. The molecule has 0 saturated carbocycles. The summed E-state index contributed by atoms with van der Waals surface area (Å²) in [4.78, 5) is 61.5. The topological polar surface area (TPSA) is 203 Å². The zero-order valence-corrected chi connectivity index (χ0v) is 39.1. The number of carbonyl (C=O) groups excluding carboxylic acids is 5. The monoisotopic (exact) mass is 872 g/mol. The van der Waals surface area contributed by atoms with E-state index in [0.717, 1.165) is 57.8 Å². The van der Waals surface area contributed by atoms with Crippen molar-refractivity contribution >= 4 is 29.7 Å². The molecule has 0 aromatic rings. The van der Waals surface area contributed by atoms with Crippen LogP contribution in [0.2, 0.25) is 0 Å². The summed E-state index contributed by atoms with van der Waals surface area (Å²) in [6.07, 6.45) is 19.7. The molecule has 3 amide bonds. The molecular formula is C46H87N4O11+. The zero-order chi connectivity index (χ0) is 45.5. The van der Waals surface area contributed by atoms with E-state index in [9.17, 15) is 24.0 Å². The first-order chi connectivity index (χ1) is 29.1. The fourth-order valence-corrected chi connectivity index (χ4v) is 5.99. The number of amides is 3. The number of nitrogens with two attached hydrogens (primary N) is 1. The van der Waals surface area contributed by atoms with E-state index in [1.165, 1.54) is 25.7 Å². The first kappa shape index (κ1) is 58.0. The summed E-state index contributed by atoms with van der Waals surface area (Å²) >= 11 is 0. The van der Waals surface area contributed by atoms with Crippen LogP contribution in [0.3, 0.4) is 0 Å². The average molecular weight is 872 g/mol. The van der Waals surface area contributed by atoms with Crippen LogP contribution in [0.4, 0.5) is 0 Å². The van der Waals surface area contributed by atoms with Crippen molar-refractivity contribution in [3.05, 3.63) is 6.42 Å². The molecule has 0 aliphatic carbocycles.